The Kier molecular flexibility index (Phi) is 4.21. The monoisotopic (exact) mass is 207 g/mol. The Labute approximate surface area is 92.3 Å². The SMILES string of the molecule is CCc1nnc(C)cc1C(NC)C(C)C. The van der Waals surface area contributed by atoms with Gasteiger partial charge in [-0.15, -0.1) is 0 Å². The van der Waals surface area contributed by atoms with Crippen LogP contribution in [0.15, 0.2) is 6.07 Å². The lowest BCUT2D eigenvalue weighted by molar-refractivity contribution is 0.437. The highest BCUT2D eigenvalue weighted by Crippen LogP contribution is 2.23. The lowest BCUT2D eigenvalue weighted by Gasteiger charge is -2.22. The van der Waals surface area contributed by atoms with Crippen molar-refractivity contribution in [2.24, 2.45) is 5.92 Å². The quantitative estimate of drug-likeness (QED) is 0.823. The molecular formula is C12H21N3. The van der Waals surface area contributed by atoms with Crippen molar-refractivity contribution in [2.45, 2.75) is 40.2 Å². The van der Waals surface area contributed by atoms with E-state index in [0.29, 0.717) is 12.0 Å². The van der Waals surface area contributed by atoms with E-state index in [1.54, 1.807) is 0 Å². The van der Waals surface area contributed by atoms with E-state index < -0.39 is 0 Å². The number of hydrogen-bond donors (Lipinski definition) is 1. The predicted octanol–water partition coefficient (Wildman–Crippen LogP) is 2.26. The Morgan fingerprint density at radius 1 is 1.33 bits per heavy atom. The third-order valence-electron chi connectivity index (χ3n) is 2.67. The van der Waals surface area contributed by atoms with Gasteiger partial charge in [0.1, 0.15) is 0 Å². The molecule has 0 radical (unpaired) electrons. The number of rotatable bonds is 4. The Balaban J connectivity index is 3.13. The summed E-state index contributed by atoms with van der Waals surface area (Å²) in [4.78, 5) is 0. The van der Waals surface area contributed by atoms with E-state index in [9.17, 15) is 0 Å². The average Bonchev–Trinajstić information content (AvgIpc) is 2.18. The van der Waals surface area contributed by atoms with Gasteiger partial charge in [-0.05, 0) is 37.9 Å². The van der Waals surface area contributed by atoms with Crippen molar-refractivity contribution in [3.8, 4) is 0 Å². The maximum atomic E-state index is 4.26. The lowest BCUT2D eigenvalue weighted by Crippen LogP contribution is -2.23. The van der Waals surface area contributed by atoms with Gasteiger partial charge in [-0.1, -0.05) is 20.8 Å². The minimum Gasteiger partial charge on any atom is -0.313 e. The number of aromatic nitrogens is 2. The molecule has 3 heteroatoms. The van der Waals surface area contributed by atoms with E-state index in [-0.39, 0.29) is 0 Å². The van der Waals surface area contributed by atoms with E-state index in [1.165, 1.54) is 5.56 Å². The largest absolute Gasteiger partial charge is 0.313 e. The van der Waals surface area contributed by atoms with Crippen LogP contribution in [0.4, 0.5) is 0 Å². The molecule has 1 unspecified atom stereocenters. The second-order valence-electron chi connectivity index (χ2n) is 4.25. The molecule has 1 N–H and O–H groups in total. The smallest absolute Gasteiger partial charge is 0.0676 e. The minimum atomic E-state index is 0.370. The van der Waals surface area contributed by atoms with E-state index in [4.69, 9.17) is 0 Å². The molecule has 1 aromatic heterocycles. The third-order valence-corrected chi connectivity index (χ3v) is 2.67. The van der Waals surface area contributed by atoms with Crippen molar-refractivity contribution in [3.63, 3.8) is 0 Å². The van der Waals surface area contributed by atoms with E-state index in [0.717, 1.165) is 17.8 Å². The molecule has 0 amide bonds. The summed E-state index contributed by atoms with van der Waals surface area (Å²) in [5, 5.41) is 11.7. The molecule has 1 heterocycles. The van der Waals surface area contributed by atoms with Crippen molar-refractivity contribution in [1.29, 1.82) is 0 Å². The standard InChI is InChI=1S/C12H21N3/c1-6-11-10(7-9(4)14-15-11)12(13-5)8(2)3/h7-8,12-13H,6H2,1-5H3. The van der Waals surface area contributed by atoms with E-state index in [2.05, 4.69) is 42.4 Å². The molecule has 0 aliphatic heterocycles. The summed E-state index contributed by atoms with van der Waals surface area (Å²) < 4.78 is 0. The van der Waals surface area contributed by atoms with Gasteiger partial charge in [0.25, 0.3) is 0 Å². The molecule has 0 fully saturated rings. The summed E-state index contributed by atoms with van der Waals surface area (Å²) >= 11 is 0. The molecule has 0 saturated heterocycles. The first-order valence-corrected chi connectivity index (χ1v) is 5.60. The number of hydrogen-bond acceptors (Lipinski definition) is 3. The van der Waals surface area contributed by atoms with Crippen LogP contribution in [0, 0.1) is 12.8 Å². The van der Waals surface area contributed by atoms with Crippen LogP contribution in [0.1, 0.15) is 43.8 Å². The predicted molar refractivity (Wildman–Crippen MR) is 62.8 cm³/mol. The molecule has 1 atom stereocenters. The first kappa shape index (κ1) is 12.1. The third kappa shape index (κ3) is 2.75. The van der Waals surface area contributed by atoms with Crippen molar-refractivity contribution in [3.05, 3.63) is 23.0 Å². The molecule has 1 rings (SSSR count). The van der Waals surface area contributed by atoms with Gasteiger partial charge >= 0.3 is 0 Å². The first-order valence-electron chi connectivity index (χ1n) is 5.60. The van der Waals surface area contributed by atoms with Gasteiger partial charge in [0.15, 0.2) is 0 Å². The highest BCUT2D eigenvalue weighted by atomic mass is 15.1. The Morgan fingerprint density at radius 3 is 2.47 bits per heavy atom. The van der Waals surface area contributed by atoms with Gasteiger partial charge in [0, 0.05) is 6.04 Å². The molecule has 0 bridgehead atoms. The van der Waals surface area contributed by atoms with Crippen LogP contribution in [-0.4, -0.2) is 17.2 Å². The molecule has 84 valence electrons. The summed E-state index contributed by atoms with van der Waals surface area (Å²) in [5.74, 6) is 0.559. The van der Waals surface area contributed by atoms with Crippen molar-refractivity contribution in [1.82, 2.24) is 15.5 Å². The average molecular weight is 207 g/mol. The van der Waals surface area contributed by atoms with Gasteiger partial charge in [-0.25, -0.2) is 0 Å². The zero-order chi connectivity index (χ0) is 11.4. The van der Waals surface area contributed by atoms with Gasteiger partial charge in [-0.3, -0.25) is 0 Å². The second kappa shape index (κ2) is 5.21. The maximum absolute atomic E-state index is 4.26. The number of nitrogens with one attached hydrogen (secondary N) is 1. The van der Waals surface area contributed by atoms with Gasteiger partial charge < -0.3 is 5.32 Å². The lowest BCUT2D eigenvalue weighted by atomic mass is 9.94. The molecular weight excluding hydrogens is 186 g/mol. The van der Waals surface area contributed by atoms with Crippen molar-refractivity contribution >= 4 is 0 Å². The molecule has 0 aromatic carbocycles. The zero-order valence-corrected chi connectivity index (χ0v) is 10.3. The molecule has 0 aliphatic rings. The van der Waals surface area contributed by atoms with Crippen LogP contribution < -0.4 is 5.32 Å². The first-order chi connectivity index (χ1) is 7.10. The Hall–Kier alpha value is -0.960. The van der Waals surface area contributed by atoms with E-state index >= 15 is 0 Å². The number of nitrogens with zero attached hydrogens (tertiary/aromatic N) is 2. The zero-order valence-electron chi connectivity index (χ0n) is 10.3. The molecule has 15 heavy (non-hydrogen) atoms. The molecule has 3 nitrogen and oxygen atoms in total. The number of aryl methyl sites for hydroxylation is 2. The second-order valence-corrected chi connectivity index (χ2v) is 4.25. The summed E-state index contributed by atoms with van der Waals surface area (Å²) in [6, 6.07) is 2.52. The summed E-state index contributed by atoms with van der Waals surface area (Å²) in [5.41, 5.74) is 3.39. The Morgan fingerprint density at radius 2 is 2.00 bits per heavy atom. The van der Waals surface area contributed by atoms with Crippen LogP contribution in [0.2, 0.25) is 0 Å². The normalized spacial score (nSPS) is 13.2. The van der Waals surface area contributed by atoms with Crippen LogP contribution in [-0.2, 0) is 6.42 Å². The highest BCUT2D eigenvalue weighted by Gasteiger charge is 2.17. The van der Waals surface area contributed by atoms with E-state index in [1.807, 2.05) is 14.0 Å². The van der Waals surface area contributed by atoms with Gasteiger partial charge in [-0.2, -0.15) is 10.2 Å². The Bertz CT molecular complexity index is 321. The minimum absolute atomic E-state index is 0.370. The summed E-state index contributed by atoms with van der Waals surface area (Å²) in [7, 11) is 2.00. The fourth-order valence-electron chi connectivity index (χ4n) is 1.93. The van der Waals surface area contributed by atoms with Gasteiger partial charge in [0.2, 0.25) is 0 Å². The molecule has 0 aliphatic carbocycles. The maximum Gasteiger partial charge on any atom is 0.0676 e. The topological polar surface area (TPSA) is 37.8 Å². The van der Waals surface area contributed by atoms with Crippen molar-refractivity contribution < 1.29 is 0 Å². The van der Waals surface area contributed by atoms with Gasteiger partial charge in [0.05, 0.1) is 11.4 Å². The van der Waals surface area contributed by atoms with Crippen LogP contribution in [0.5, 0.6) is 0 Å². The van der Waals surface area contributed by atoms with Crippen LogP contribution in [0.25, 0.3) is 0 Å². The fraction of sp³-hybridized carbons (Fsp3) is 0.667. The molecule has 1 aromatic rings. The molecule has 0 saturated carbocycles. The summed E-state index contributed by atoms with van der Waals surface area (Å²) in [6.07, 6.45) is 0.938. The van der Waals surface area contributed by atoms with Crippen molar-refractivity contribution in [2.75, 3.05) is 7.05 Å². The fourth-order valence-corrected chi connectivity index (χ4v) is 1.93. The highest BCUT2D eigenvalue weighted by molar-refractivity contribution is 5.25. The van der Waals surface area contributed by atoms with Crippen LogP contribution >= 0.6 is 0 Å². The van der Waals surface area contributed by atoms with Crippen LogP contribution in [0.3, 0.4) is 0 Å². The summed E-state index contributed by atoms with van der Waals surface area (Å²) in [6.45, 7) is 8.55. The molecule has 0 spiro atoms.